The summed E-state index contributed by atoms with van der Waals surface area (Å²) in [5.41, 5.74) is 1.13. The first-order valence-electron chi connectivity index (χ1n) is 5.63. The van der Waals surface area contributed by atoms with Crippen molar-refractivity contribution in [3.05, 3.63) is 42.6 Å². The highest BCUT2D eigenvalue weighted by atomic mass is 79.9. The number of hydrogen-bond acceptors (Lipinski definition) is 2. The summed E-state index contributed by atoms with van der Waals surface area (Å²) in [6.45, 7) is 4.47. The third-order valence-corrected chi connectivity index (χ3v) is 3.63. The van der Waals surface area contributed by atoms with Crippen LogP contribution in [0.1, 0.15) is 6.92 Å². The minimum Gasteiger partial charge on any atom is -1.00 e. The number of nitrogens with zero attached hydrogens (tertiary/aromatic N) is 1. The molecule has 1 N–H and O–H groups in total. The number of para-hydroxylation sites is 1. The number of halogens is 1. The SMILES string of the molecule is CC[N+]1=C(/C=C/Nc2ccccc2)SCC1.[Br-]. The summed E-state index contributed by atoms with van der Waals surface area (Å²) in [4.78, 5) is 0. The van der Waals surface area contributed by atoms with Crippen LogP contribution in [0.5, 0.6) is 0 Å². The van der Waals surface area contributed by atoms with E-state index in [4.69, 9.17) is 0 Å². The van der Waals surface area contributed by atoms with Gasteiger partial charge in [-0.1, -0.05) is 30.0 Å². The largest absolute Gasteiger partial charge is 1.00 e. The third-order valence-electron chi connectivity index (χ3n) is 2.55. The Hall–Kier alpha value is -0.740. The van der Waals surface area contributed by atoms with E-state index in [1.165, 1.54) is 17.3 Å². The number of thioether (sulfide) groups is 1. The van der Waals surface area contributed by atoms with Gasteiger partial charge in [0.05, 0.1) is 5.75 Å². The van der Waals surface area contributed by atoms with Gasteiger partial charge in [-0.25, -0.2) is 4.58 Å². The normalized spacial score (nSPS) is 15.1. The van der Waals surface area contributed by atoms with Gasteiger partial charge in [-0.05, 0) is 19.1 Å². The lowest BCUT2D eigenvalue weighted by Gasteiger charge is -1.98. The van der Waals surface area contributed by atoms with Gasteiger partial charge in [0.25, 0.3) is 0 Å². The summed E-state index contributed by atoms with van der Waals surface area (Å²) >= 11 is 1.93. The van der Waals surface area contributed by atoms with Crippen molar-refractivity contribution in [1.82, 2.24) is 0 Å². The molecule has 1 aliphatic heterocycles. The van der Waals surface area contributed by atoms with Crippen LogP contribution in [-0.4, -0.2) is 28.5 Å². The lowest BCUT2D eigenvalue weighted by molar-refractivity contribution is -0.513. The van der Waals surface area contributed by atoms with E-state index < -0.39 is 0 Å². The molecular weight excluding hydrogens is 296 g/mol. The highest BCUT2D eigenvalue weighted by molar-refractivity contribution is 8.14. The Balaban J connectivity index is 0.00000144. The Morgan fingerprint density at radius 1 is 1.35 bits per heavy atom. The van der Waals surface area contributed by atoms with E-state index in [2.05, 4.69) is 35.0 Å². The highest BCUT2D eigenvalue weighted by Crippen LogP contribution is 2.13. The molecule has 92 valence electrons. The molecule has 0 aromatic heterocycles. The van der Waals surface area contributed by atoms with Gasteiger partial charge in [0.15, 0.2) is 6.54 Å². The lowest BCUT2D eigenvalue weighted by Crippen LogP contribution is -3.00. The van der Waals surface area contributed by atoms with Crippen molar-refractivity contribution in [3.63, 3.8) is 0 Å². The molecule has 0 spiro atoms. The molecule has 0 unspecified atom stereocenters. The Kier molecular flexibility index (Phi) is 6.37. The first-order chi connectivity index (χ1) is 7.90. The first kappa shape index (κ1) is 14.3. The average Bonchev–Trinajstić information content (AvgIpc) is 2.78. The Labute approximate surface area is 118 Å². The van der Waals surface area contributed by atoms with Crippen molar-refractivity contribution in [1.29, 1.82) is 0 Å². The van der Waals surface area contributed by atoms with Gasteiger partial charge in [0.1, 0.15) is 6.54 Å². The van der Waals surface area contributed by atoms with Crippen LogP contribution in [0.2, 0.25) is 0 Å². The molecule has 17 heavy (non-hydrogen) atoms. The van der Waals surface area contributed by atoms with E-state index in [9.17, 15) is 0 Å². The summed E-state index contributed by atoms with van der Waals surface area (Å²) in [7, 11) is 0. The van der Waals surface area contributed by atoms with Crippen LogP contribution in [0.3, 0.4) is 0 Å². The van der Waals surface area contributed by atoms with Gasteiger partial charge in [0.2, 0.25) is 5.04 Å². The monoisotopic (exact) mass is 312 g/mol. The molecule has 0 amide bonds. The molecule has 0 atom stereocenters. The maximum absolute atomic E-state index is 3.27. The molecule has 4 heteroatoms. The minimum atomic E-state index is 0. The number of rotatable bonds is 4. The van der Waals surface area contributed by atoms with Crippen molar-refractivity contribution in [2.75, 3.05) is 24.2 Å². The van der Waals surface area contributed by atoms with E-state index in [1.807, 2.05) is 36.2 Å². The maximum atomic E-state index is 3.27. The van der Waals surface area contributed by atoms with Crippen molar-refractivity contribution < 1.29 is 21.6 Å². The van der Waals surface area contributed by atoms with Crippen LogP contribution in [-0.2, 0) is 0 Å². The number of nitrogens with one attached hydrogen (secondary N) is 1. The van der Waals surface area contributed by atoms with Gasteiger partial charge in [-0.15, -0.1) is 0 Å². The van der Waals surface area contributed by atoms with Crippen molar-refractivity contribution >= 4 is 22.5 Å². The van der Waals surface area contributed by atoms with Gasteiger partial charge in [0, 0.05) is 18.0 Å². The van der Waals surface area contributed by atoms with Gasteiger partial charge in [-0.2, -0.15) is 0 Å². The Morgan fingerprint density at radius 2 is 2.12 bits per heavy atom. The summed E-state index contributed by atoms with van der Waals surface area (Å²) in [5, 5.41) is 4.64. The molecule has 0 radical (unpaired) electrons. The van der Waals surface area contributed by atoms with Gasteiger partial charge >= 0.3 is 0 Å². The summed E-state index contributed by atoms with van der Waals surface area (Å²) in [5.74, 6) is 1.21. The van der Waals surface area contributed by atoms with Gasteiger partial charge in [-0.3, -0.25) is 0 Å². The van der Waals surface area contributed by atoms with E-state index in [1.54, 1.807) is 0 Å². The zero-order valence-corrected chi connectivity index (χ0v) is 12.3. The molecule has 0 fully saturated rings. The zero-order valence-electron chi connectivity index (χ0n) is 9.90. The lowest BCUT2D eigenvalue weighted by atomic mass is 10.3. The molecule has 1 aliphatic rings. The molecule has 2 nitrogen and oxygen atoms in total. The summed E-state index contributed by atoms with van der Waals surface area (Å²) in [6.07, 6.45) is 4.18. The molecule has 1 aromatic carbocycles. The summed E-state index contributed by atoms with van der Waals surface area (Å²) in [6, 6.07) is 10.2. The first-order valence-corrected chi connectivity index (χ1v) is 6.61. The number of hydrogen-bond donors (Lipinski definition) is 1. The summed E-state index contributed by atoms with van der Waals surface area (Å²) < 4.78 is 2.40. The molecule has 1 aromatic rings. The third kappa shape index (κ3) is 4.21. The molecule has 0 bridgehead atoms. The molecule has 2 rings (SSSR count). The highest BCUT2D eigenvalue weighted by Gasteiger charge is 2.18. The van der Waals surface area contributed by atoms with Crippen LogP contribution >= 0.6 is 11.8 Å². The molecule has 0 saturated heterocycles. The van der Waals surface area contributed by atoms with E-state index in [-0.39, 0.29) is 17.0 Å². The fourth-order valence-electron chi connectivity index (χ4n) is 1.67. The smallest absolute Gasteiger partial charge is 0.236 e. The molecular formula is C13H17BrN2S. The predicted molar refractivity (Wildman–Crippen MR) is 72.3 cm³/mol. The zero-order chi connectivity index (χ0) is 11.2. The standard InChI is InChI=1S/C13H16N2S.BrH/c1-2-15-10-11-16-13(15)8-9-14-12-6-4-3-5-7-12;/h3-9H,2,10-11H2,1H3;1H. The van der Waals surface area contributed by atoms with Crippen molar-refractivity contribution in [2.45, 2.75) is 6.92 Å². The Bertz CT molecular complexity index is 401. The predicted octanol–water partition coefficient (Wildman–Crippen LogP) is -0.206. The second-order valence-corrected chi connectivity index (χ2v) is 4.73. The van der Waals surface area contributed by atoms with Crippen LogP contribution in [0.25, 0.3) is 0 Å². The molecule has 0 aliphatic carbocycles. The second-order valence-electron chi connectivity index (χ2n) is 3.61. The van der Waals surface area contributed by atoms with Crippen LogP contribution in [0.4, 0.5) is 5.69 Å². The second kappa shape index (κ2) is 7.56. The van der Waals surface area contributed by atoms with Gasteiger partial charge < -0.3 is 22.3 Å². The van der Waals surface area contributed by atoms with Crippen LogP contribution in [0, 0.1) is 0 Å². The Morgan fingerprint density at radius 3 is 2.82 bits per heavy atom. The fraction of sp³-hybridized carbons (Fsp3) is 0.308. The van der Waals surface area contributed by atoms with E-state index in [0.29, 0.717) is 0 Å². The average molecular weight is 313 g/mol. The van der Waals surface area contributed by atoms with Crippen molar-refractivity contribution in [2.24, 2.45) is 0 Å². The molecule has 1 heterocycles. The van der Waals surface area contributed by atoms with Crippen LogP contribution in [0.15, 0.2) is 42.6 Å². The van der Waals surface area contributed by atoms with Crippen molar-refractivity contribution in [3.8, 4) is 0 Å². The number of benzene rings is 1. The molecule has 0 saturated carbocycles. The maximum Gasteiger partial charge on any atom is 0.236 e. The quantitative estimate of drug-likeness (QED) is 0.774. The van der Waals surface area contributed by atoms with Crippen LogP contribution < -0.4 is 22.3 Å². The van der Waals surface area contributed by atoms with E-state index >= 15 is 0 Å². The van der Waals surface area contributed by atoms with E-state index in [0.717, 1.165) is 12.2 Å². The topological polar surface area (TPSA) is 15.0 Å². The fourth-order valence-corrected chi connectivity index (χ4v) is 2.76. The number of anilines is 1. The minimum absolute atomic E-state index is 0.